The maximum atomic E-state index is 6.00. The highest BCUT2D eigenvalue weighted by Gasteiger charge is 2.18. The van der Waals surface area contributed by atoms with Gasteiger partial charge in [0.1, 0.15) is 10.7 Å². The number of para-hydroxylation sites is 1. The molecule has 0 spiro atoms. The average Bonchev–Trinajstić information content (AvgIpc) is 2.94. The molecule has 2 heterocycles. The molecule has 0 saturated carbocycles. The largest absolute Gasteiger partial charge is 0.320 e. The lowest BCUT2D eigenvalue weighted by Crippen LogP contribution is -2.29. The zero-order valence-corrected chi connectivity index (χ0v) is 11.7. The highest BCUT2D eigenvalue weighted by atomic mass is 32.1. The van der Waals surface area contributed by atoms with Crippen LogP contribution in [0.4, 0.5) is 0 Å². The lowest BCUT2D eigenvalue weighted by molar-refractivity contribution is 0.533. The van der Waals surface area contributed by atoms with Crippen molar-refractivity contribution in [1.82, 2.24) is 20.0 Å². The Hall–Kier alpha value is -1.79. The molecule has 2 aromatic heterocycles. The van der Waals surface area contributed by atoms with Crippen molar-refractivity contribution < 1.29 is 0 Å². The van der Waals surface area contributed by atoms with Crippen molar-refractivity contribution in [3.8, 4) is 0 Å². The van der Waals surface area contributed by atoms with Crippen LogP contribution < -0.4 is 5.73 Å². The first-order valence-corrected chi connectivity index (χ1v) is 6.88. The molecule has 19 heavy (non-hydrogen) atoms. The van der Waals surface area contributed by atoms with Crippen LogP contribution in [0.3, 0.4) is 0 Å². The maximum Gasteiger partial charge on any atom is 0.115 e. The SMILES string of the molecule is CC(C)(N)c1cn(Cc2nc3ccccc3s2)nn1. The second-order valence-electron chi connectivity index (χ2n) is 5.10. The number of hydrogen-bond donors (Lipinski definition) is 1. The average molecular weight is 273 g/mol. The molecule has 3 aromatic rings. The Balaban J connectivity index is 1.86. The van der Waals surface area contributed by atoms with E-state index in [4.69, 9.17) is 5.73 Å². The molecule has 0 atom stereocenters. The maximum absolute atomic E-state index is 6.00. The zero-order chi connectivity index (χ0) is 13.5. The summed E-state index contributed by atoms with van der Waals surface area (Å²) in [7, 11) is 0. The highest BCUT2D eigenvalue weighted by Crippen LogP contribution is 2.22. The molecule has 0 unspecified atom stereocenters. The van der Waals surface area contributed by atoms with Gasteiger partial charge in [0.2, 0.25) is 0 Å². The van der Waals surface area contributed by atoms with Gasteiger partial charge in [0.25, 0.3) is 0 Å². The van der Waals surface area contributed by atoms with E-state index in [0.29, 0.717) is 6.54 Å². The number of benzene rings is 1. The predicted octanol–water partition coefficient (Wildman–Crippen LogP) is 2.13. The first kappa shape index (κ1) is 12.3. The second-order valence-corrected chi connectivity index (χ2v) is 6.21. The van der Waals surface area contributed by atoms with Gasteiger partial charge >= 0.3 is 0 Å². The van der Waals surface area contributed by atoms with Crippen molar-refractivity contribution >= 4 is 21.6 Å². The van der Waals surface area contributed by atoms with Gasteiger partial charge in [0.15, 0.2) is 0 Å². The van der Waals surface area contributed by atoms with Gasteiger partial charge in [-0.1, -0.05) is 17.3 Å². The minimum absolute atomic E-state index is 0.466. The van der Waals surface area contributed by atoms with Crippen LogP contribution in [0.25, 0.3) is 10.2 Å². The molecule has 98 valence electrons. The van der Waals surface area contributed by atoms with Crippen molar-refractivity contribution in [3.63, 3.8) is 0 Å². The monoisotopic (exact) mass is 273 g/mol. The molecule has 0 aliphatic carbocycles. The number of rotatable bonds is 3. The molecular weight excluding hydrogens is 258 g/mol. The van der Waals surface area contributed by atoms with Gasteiger partial charge < -0.3 is 5.73 Å². The van der Waals surface area contributed by atoms with E-state index in [2.05, 4.69) is 21.4 Å². The summed E-state index contributed by atoms with van der Waals surface area (Å²) in [5, 5.41) is 9.22. The molecule has 0 radical (unpaired) electrons. The Bertz CT molecular complexity index is 674. The Kier molecular flexibility index (Phi) is 2.83. The van der Waals surface area contributed by atoms with Crippen LogP contribution in [0.15, 0.2) is 30.5 Å². The van der Waals surface area contributed by atoms with E-state index >= 15 is 0 Å². The summed E-state index contributed by atoms with van der Waals surface area (Å²) in [4.78, 5) is 4.58. The summed E-state index contributed by atoms with van der Waals surface area (Å²) in [5.41, 5.74) is 7.34. The van der Waals surface area contributed by atoms with Gasteiger partial charge in [-0.3, -0.25) is 0 Å². The minimum Gasteiger partial charge on any atom is -0.320 e. The van der Waals surface area contributed by atoms with E-state index in [1.165, 1.54) is 4.70 Å². The van der Waals surface area contributed by atoms with E-state index in [1.807, 2.05) is 38.2 Å². The number of nitrogens with zero attached hydrogens (tertiary/aromatic N) is 4. The number of thiazole rings is 1. The molecule has 6 heteroatoms. The van der Waals surface area contributed by atoms with E-state index in [9.17, 15) is 0 Å². The standard InChI is InChI=1S/C13H15N5S/c1-13(2,14)11-7-18(17-16-11)8-12-15-9-5-3-4-6-10(9)19-12/h3-7H,8,14H2,1-2H3. The smallest absolute Gasteiger partial charge is 0.115 e. The topological polar surface area (TPSA) is 69.6 Å². The van der Waals surface area contributed by atoms with E-state index < -0.39 is 5.54 Å². The summed E-state index contributed by atoms with van der Waals surface area (Å²) in [6.07, 6.45) is 1.88. The van der Waals surface area contributed by atoms with Gasteiger partial charge in [0, 0.05) is 0 Å². The fourth-order valence-electron chi connectivity index (χ4n) is 1.80. The van der Waals surface area contributed by atoms with Gasteiger partial charge in [-0.25, -0.2) is 9.67 Å². The van der Waals surface area contributed by atoms with Crippen LogP contribution in [-0.2, 0) is 12.1 Å². The van der Waals surface area contributed by atoms with E-state index in [1.54, 1.807) is 16.0 Å². The lowest BCUT2D eigenvalue weighted by atomic mass is 10.0. The quantitative estimate of drug-likeness (QED) is 0.793. The second kappa shape index (κ2) is 4.40. The van der Waals surface area contributed by atoms with Crippen molar-refractivity contribution in [1.29, 1.82) is 0 Å². The van der Waals surface area contributed by atoms with Crippen LogP contribution in [-0.4, -0.2) is 20.0 Å². The summed E-state index contributed by atoms with van der Waals surface area (Å²) < 4.78 is 2.97. The number of nitrogens with two attached hydrogens (primary N) is 1. The fraction of sp³-hybridized carbons (Fsp3) is 0.308. The summed E-state index contributed by atoms with van der Waals surface area (Å²) in [6, 6.07) is 8.11. The van der Waals surface area contributed by atoms with Crippen molar-refractivity contribution in [3.05, 3.63) is 41.2 Å². The minimum atomic E-state index is -0.466. The summed E-state index contributed by atoms with van der Waals surface area (Å²) in [5.74, 6) is 0. The summed E-state index contributed by atoms with van der Waals surface area (Å²) >= 11 is 1.68. The van der Waals surface area contributed by atoms with Crippen molar-refractivity contribution in [2.45, 2.75) is 25.9 Å². The van der Waals surface area contributed by atoms with Gasteiger partial charge in [-0.2, -0.15) is 0 Å². The van der Waals surface area contributed by atoms with Crippen LogP contribution in [0, 0.1) is 0 Å². The molecule has 0 bridgehead atoms. The van der Waals surface area contributed by atoms with Gasteiger partial charge in [0.05, 0.1) is 28.5 Å². The molecule has 3 rings (SSSR count). The van der Waals surface area contributed by atoms with Gasteiger partial charge in [-0.05, 0) is 26.0 Å². The molecule has 2 N–H and O–H groups in total. The molecule has 0 fully saturated rings. The third-order valence-corrected chi connectivity index (χ3v) is 3.86. The normalized spacial score (nSPS) is 12.2. The molecule has 0 saturated heterocycles. The molecule has 0 aliphatic heterocycles. The fourth-order valence-corrected chi connectivity index (χ4v) is 2.76. The Morgan fingerprint density at radius 2 is 2.11 bits per heavy atom. The molecule has 0 amide bonds. The molecule has 0 aliphatic rings. The molecule has 5 nitrogen and oxygen atoms in total. The Labute approximate surface area is 115 Å². The highest BCUT2D eigenvalue weighted by molar-refractivity contribution is 7.18. The first-order chi connectivity index (χ1) is 9.02. The zero-order valence-electron chi connectivity index (χ0n) is 10.9. The predicted molar refractivity (Wildman–Crippen MR) is 76.0 cm³/mol. The summed E-state index contributed by atoms with van der Waals surface area (Å²) in [6.45, 7) is 4.46. The van der Waals surface area contributed by atoms with E-state index in [0.717, 1.165) is 16.2 Å². The van der Waals surface area contributed by atoms with Crippen molar-refractivity contribution in [2.24, 2.45) is 5.73 Å². The molecular formula is C13H15N5S. The van der Waals surface area contributed by atoms with Gasteiger partial charge in [-0.15, -0.1) is 16.4 Å². The van der Waals surface area contributed by atoms with E-state index in [-0.39, 0.29) is 0 Å². The molecule has 1 aromatic carbocycles. The lowest BCUT2D eigenvalue weighted by Gasteiger charge is -2.13. The van der Waals surface area contributed by atoms with Crippen LogP contribution >= 0.6 is 11.3 Å². The van der Waals surface area contributed by atoms with Crippen LogP contribution in [0.2, 0.25) is 0 Å². The third kappa shape index (κ3) is 2.50. The Morgan fingerprint density at radius 3 is 2.79 bits per heavy atom. The van der Waals surface area contributed by atoms with Crippen LogP contribution in [0.5, 0.6) is 0 Å². The number of hydrogen-bond acceptors (Lipinski definition) is 5. The van der Waals surface area contributed by atoms with Crippen LogP contribution in [0.1, 0.15) is 24.5 Å². The van der Waals surface area contributed by atoms with Crippen molar-refractivity contribution in [2.75, 3.05) is 0 Å². The number of fused-ring (bicyclic) bond motifs is 1. The number of aromatic nitrogens is 4. The first-order valence-electron chi connectivity index (χ1n) is 6.06. The Morgan fingerprint density at radius 1 is 1.32 bits per heavy atom. The third-order valence-electron chi connectivity index (χ3n) is 2.83.